The summed E-state index contributed by atoms with van der Waals surface area (Å²) < 4.78 is 24.9. The Hall–Kier alpha value is -1.84. The molecule has 2 heterocycles. The van der Waals surface area contributed by atoms with Gasteiger partial charge < -0.3 is 0 Å². The van der Waals surface area contributed by atoms with Crippen molar-refractivity contribution >= 4 is 33.0 Å². The first-order valence-electron chi connectivity index (χ1n) is 10.8. The maximum Gasteiger partial charge on any atom is 0.211 e. The molecule has 0 spiro atoms. The highest BCUT2D eigenvalue weighted by molar-refractivity contribution is 7.88. The summed E-state index contributed by atoms with van der Waals surface area (Å²) in [7, 11) is -3.09. The fraction of sp³-hybridized carbons (Fsp3) is 0.455. The largest absolute Gasteiger partial charge is 0.296 e. The number of anilines is 2. The van der Waals surface area contributed by atoms with Crippen LogP contribution in [0.4, 0.5) is 11.4 Å². The lowest BCUT2D eigenvalue weighted by atomic mass is 10.0. The first-order chi connectivity index (χ1) is 14.9. The smallest absolute Gasteiger partial charge is 0.211 e. The number of halogens is 1. The predicted molar refractivity (Wildman–Crippen MR) is 124 cm³/mol. The molecule has 0 unspecified atom stereocenters. The standard InChI is InChI=1S/C22H28ClN5O2S/c1-31(29,30)27-12-10-26(11-13-27)14-16-4-6-18(7-5-16)19-8-9-20-22(21(19)23)24-25-28(20)15-17-2-3-17/h4-9,17,24-25H,2-3,10-15H2,1H3/p+1. The van der Waals surface area contributed by atoms with Gasteiger partial charge in [0.25, 0.3) is 0 Å². The SMILES string of the molecule is CS(=O)(=O)N1CCN(Cc2ccc(-c3ccc4c(c3Cl)N[NH2+]N4CC3CC3)cc2)CC1. The van der Waals surface area contributed by atoms with Crippen molar-refractivity contribution in [2.24, 2.45) is 5.92 Å². The second kappa shape index (κ2) is 8.26. The van der Waals surface area contributed by atoms with E-state index in [2.05, 4.69) is 51.7 Å². The van der Waals surface area contributed by atoms with Gasteiger partial charge in [-0.05, 0) is 36.0 Å². The molecule has 9 heteroatoms. The van der Waals surface area contributed by atoms with Crippen LogP contribution in [0.25, 0.3) is 11.1 Å². The van der Waals surface area contributed by atoms with Crippen molar-refractivity contribution in [1.82, 2.24) is 9.21 Å². The van der Waals surface area contributed by atoms with Gasteiger partial charge in [0.15, 0.2) is 0 Å². The number of nitrogens with two attached hydrogens (primary N) is 1. The number of sulfonamides is 1. The highest BCUT2D eigenvalue weighted by atomic mass is 35.5. The molecule has 31 heavy (non-hydrogen) atoms. The molecule has 1 saturated heterocycles. The van der Waals surface area contributed by atoms with Gasteiger partial charge in [0, 0.05) is 38.3 Å². The fourth-order valence-electron chi connectivity index (χ4n) is 4.37. The van der Waals surface area contributed by atoms with Crippen molar-refractivity contribution in [3.8, 4) is 11.1 Å². The van der Waals surface area contributed by atoms with E-state index in [1.165, 1.54) is 24.7 Å². The molecule has 0 amide bonds. The Bertz CT molecular complexity index is 1060. The lowest BCUT2D eigenvalue weighted by molar-refractivity contribution is -0.631. The third-order valence-electron chi connectivity index (χ3n) is 6.42. The predicted octanol–water partition coefficient (Wildman–Crippen LogP) is 2.12. The van der Waals surface area contributed by atoms with E-state index in [0.29, 0.717) is 13.1 Å². The van der Waals surface area contributed by atoms with Gasteiger partial charge >= 0.3 is 0 Å². The van der Waals surface area contributed by atoms with Crippen molar-refractivity contribution in [3.63, 3.8) is 0 Å². The number of benzene rings is 2. The Morgan fingerprint density at radius 2 is 1.77 bits per heavy atom. The number of hydrogen-bond acceptors (Lipinski definition) is 5. The maximum atomic E-state index is 11.7. The molecular weight excluding hydrogens is 434 g/mol. The minimum Gasteiger partial charge on any atom is -0.296 e. The molecule has 5 rings (SSSR count). The van der Waals surface area contributed by atoms with Crippen LogP contribution in [0.2, 0.25) is 5.02 Å². The molecule has 2 aliphatic heterocycles. The molecule has 1 aliphatic carbocycles. The number of nitrogens with one attached hydrogen (secondary N) is 1. The van der Waals surface area contributed by atoms with E-state index in [0.717, 1.165) is 59.6 Å². The minimum absolute atomic E-state index is 0.559. The van der Waals surface area contributed by atoms with E-state index in [1.807, 2.05) is 5.53 Å². The monoisotopic (exact) mass is 462 g/mol. The van der Waals surface area contributed by atoms with Gasteiger partial charge in [0.05, 0.1) is 17.8 Å². The van der Waals surface area contributed by atoms with Gasteiger partial charge in [-0.15, -0.1) is 5.53 Å². The molecule has 166 valence electrons. The third kappa shape index (κ3) is 4.54. The topological polar surface area (TPSA) is 72.5 Å². The first kappa shape index (κ1) is 21.0. The zero-order valence-electron chi connectivity index (χ0n) is 17.7. The van der Waals surface area contributed by atoms with Gasteiger partial charge in [0.2, 0.25) is 10.0 Å². The second-order valence-corrected chi connectivity index (χ2v) is 11.2. The first-order valence-corrected chi connectivity index (χ1v) is 13.1. The number of rotatable bonds is 6. The summed E-state index contributed by atoms with van der Waals surface area (Å²) in [5, 5.41) is 3.03. The zero-order chi connectivity index (χ0) is 21.6. The van der Waals surface area contributed by atoms with E-state index in [9.17, 15) is 8.42 Å². The van der Waals surface area contributed by atoms with E-state index < -0.39 is 10.0 Å². The maximum absolute atomic E-state index is 11.7. The average molecular weight is 463 g/mol. The fourth-order valence-corrected chi connectivity index (χ4v) is 5.52. The summed E-state index contributed by atoms with van der Waals surface area (Å²) in [4.78, 5) is 2.30. The molecule has 2 aromatic rings. The molecule has 2 aromatic carbocycles. The summed E-state index contributed by atoms with van der Waals surface area (Å²) in [5.41, 5.74) is 10.9. The quantitative estimate of drug-likeness (QED) is 0.643. The van der Waals surface area contributed by atoms with Crippen LogP contribution in [0, 0.1) is 5.92 Å². The highest BCUT2D eigenvalue weighted by Gasteiger charge is 2.32. The molecule has 0 atom stereocenters. The number of piperazine rings is 1. The summed E-state index contributed by atoms with van der Waals surface area (Å²) in [6.45, 7) is 4.51. The highest BCUT2D eigenvalue weighted by Crippen LogP contribution is 2.41. The Balaban J connectivity index is 1.25. The van der Waals surface area contributed by atoms with Gasteiger partial charge in [-0.1, -0.05) is 41.9 Å². The van der Waals surface area contributed by atoms with Crippen LogP contribution in [0.5, 0.6) is 0 Å². The number of quaternary nitrogens is 1. The number of fused-ring (bicyclic) bond motifs is 1. The van der Waals surface area contributed by atoms with Crippen molar-refractivity contribution in [2.75, 3.05) is 49.4 Å². The zero-order valence-corrected chi connectivity index (χ0v) is 19.3. The normalized spacial score (nSPS) is 20.0. The van der Waals surface area contributed by atoms with Crippen LogP contribution < -0.4 is 16.0 Å². The Labute approximate surface area is 189 Å². The van der Waals surface area contributed by atoms with E-state index in [-0.39, 0.29) is 0 Å². The number of nitrogen functional groups attached to an aromatic ring is 1. The summed E-state index contributed by atoms with van der Waals surface area (Å²) in [6.07, 6.45) is 3.93. The Kier molecular flexibility index (Phi) is 5.60. The van der Waals surface area contributed by atoms with Crippen molar-refractivity contribution < 1.29 is 14.0 Å². The number of hydrogen-bond donors (Lipinski definition) is 2. The van der Waals surface area contributed by atoms with Gasteiger partial charge in [-0.25, -0.2) is 18.9 Å². The third-order valence-corrected chi connectivity index (χ3v) is 8.11. The van der Waals surface area contributed by atoms with E-state index in [1.54, 1.807) is 4.31 Å². The Morgan fingerprint density at radius 1 is 1.06 bits per heavy atom. The van der Waals surface area contributed by atoms with Crippen molar-refractivity contribution in [3.05, 3.63) is 47.0 Å². The molecule has 0 radical (unpaired) electrons. The molecule has 7 nitrogen and oxygen atoms in total. The van der Waals surface area contributed by atoms with Crippen LogP contribution in [-0.2, 0) is 16.6 Å². The summed E-state index contributed by atoms with van der Waals surface area (Å²) in [6, 6.07) is 12.8. The molecule has 3 aliphatic rings. The second-order valence-electron chi connectivity index (χ2n) is 8.83. The average Bonchev–Trinajstić information content (AvgIpc) is 3.47. The summed E-state index contributed by atoms with van der Waals surface area (Å²) >= 11 is 6.78. The molecule has 3 N–H and O–H groups in total. The number of nitrogens with zero attached hydrogens (tertiary/aromatic N) is 3. The van der Waals surface area contributed by atoms with Crippen LogP contribution in [-0.4, -0.2) is 56.6 Å². The van der Waals surface area contributed by atoms with E-state index >= 15 is 0 Å². The van der Waals surface area contributed by atoms with Crippen LogP contribution in [0.15, 0.2) is 36.4 Å². The van der Waals surface area contributed by atoms with Crippen molar-refractivity contribution in [2.45, 2.75) is 19.4 Å². The van der Waals surface area contributed by atoms with Crippen LogP contribution in [0.1, 0.15) is 18.4 Å². The molecule has 0 aromatic heterocycles. The van der Waals surface area contributed by atoms with Crippen LogP contribution in [0.3, 0.4) is 0 Å². The minimum atomic E-state index is -3.09. The van der Waals surface area contributed by atoms with Gasteiger partial charge in [-0.3, -0.25) is 4.90 Å². The van der Waals surface area contributed by atoms with E-state index in [4.69, 9.17) is 11.6 Å². The Morgan fingerprint density at radius 3 is 2.42 bits per heavy atom. The summed E-state index contributed by atoms with van der Waals surface area (Å²) in [5.74, 6) is 0.810. The molecular formula is C22H29ClN5O2S+. The van der Waals surface area contributed by atoms with Crippen LogP contribution >= 0.6 is 11.6 Å². The van der Waals surface area contributed by atoms with Gasteiger partial charge in [0.1, 0.15) is 11.4 Å². The van der Waals surface area contributed by atoms with Crippen molar-refractivity contribution in [1.29, 1.82) is 0 Å². The lowest BCUT2D eigenvalue weighted by Gasteiger charge is -2.33. The van der Waals surface area contributed by atoms with Gasteiger partial charge in [-0.2, -0.15) is 4.31 Å². The lowest BCUT2D eigenvalue weighted by Crippen LogP contribution is -2.95. The molecule has 0 bridgehead atoms. The molecule has 1 saturated carbocycles. The molecule has 2 fully saturated rings.